The average molecular weight is 342 g/mol. The molecule has 1 aromatic rings. The third-order valence-electron chi connectivity index (χ3n) is 3.85. The van der Waals surface area contributed by atoms with Crippen LogP contribution in [0.3, 0.4) is 0 Å². The van der Waals surface area contributed by atoms with Crippen LogP contribution in [0.2, 0.25) is 0 Å². The summed E-state index contributed by atoms with van der Waals surface area (Å²) in [7, 11) is 0. The van der Waals surface area contributed by atoms with Crippen molar-refractivity contribution in [1.82, 2.24) is 0 Å². The first-order chi connectivity index (χ1) is 11.2. The summed E-state index contributed by atoms with van der Waals surface area (Å²) in [6.07, 6.45) is 3.13. The minimum atomic E-state index is -4.56. The largest absolute Gasteiger partial charge is 0.421 e. The summed E-state index contributed by atoms with van der Waals surface area (Å²) >= 11 is 0. The monoisotopic (exact) mass is 342 g/mol. The summed E-state index contributed by atoms with van der Waals surface area (Å²) in [5.74, 6) is -11.4. The Morgan fingerprint density at radius 2 is 1.62 bits per heavy atom. The van der Waals surface area contributed by atoms with Crippen molar-refractivity contribution in [3.63, 3.8) is 0 Å². The van der Waals surface area contributed by atoms with E-state index in [4.69, 9.17) is 0 Å². The lowest BCUT2D eigenvalue weighted by Crippen LogP contribution is -2.46. The lowest BCUT2D eigenvalue weighted by atomic mass is 9.93. The highest BCUT2D eigenvalue weighted by molar-refractivity contribution is 5.90. The molecule has 0 unspecified atom stereocenters. The Balaban J connectivity index is 2.22. The molecular weight excluding hydrogens is 324 g/mol. The molecule has 6 heteroatoms. The highest BCUT2D eigenvalue weighted by Crippen LogP contribution is 2.48. The third kappa shape index (κ3) is 3.23. The van der Waals surface area contributed by atoms with Crippen LogP contribution in [0.5, 0.6) is 0 Å². The number of benzene rings is 1. The molecule has 0 atom stereocenters. The van der Waals surface area contributed by atoms with Crippen LogP contribution in [0, 0.1) is 0 Å². The standard InChI is InChI=1S/C18H18F4O2/c1-3-5-12-6-8-13(9-7-12)16(23)24-15-11-10-14(4-2)17(19,20)18(15,21)22/h6-11H,3-5H2,1-2H3. The molecule has 2 nitrogen and oxygen atoms in total. The molecular formula is C18H18F4O2. The van der Waals surface area contributed by atoms with E-state index in [-0.39, 0.29) is 12.0 Å². The van der Waals surface area contributed by atoms with Gasteiger partial charge in [0.15, 0.2) is 5.76 Å². The van der Waals surface area contributed by atoms with E-state index in [0.717, 1.165) is 30.6 Å². The van der Waals surface area contributed by atoms with Crippen LogP contribution < -0.4 is 0 Å². The molecule has 0 aliphatic heterocycles. The minimum absolute atomic E-state index is 0.0279. The van der Waals surface area contributed by atoms with Crippen LogP contribution in [0.15, 0.2) is 47.7 Å². The number of halogens is 4. The minimum Gasteiger partial charge on any atom is -0.421 e. The van der Waals surface area contributed by atoms with E-state index in [1.165, 1.54) is 19.1 Å². The number of carbonyl (C=O) groups is 1. The van der Waals surface area contributed by atoms with E-state index in [0.29, 0.717) is 0 Å². The molecule has 24 heavy (non-hydrogen) atoms. The SMILES string of the molecule is CCCc1ccc(C(=O)OC2=CC=C(CC)C(F)(F)C2(F)F)cc1. The van der Waals surface area contributed by atoms with Crippen molar-refractivity contribution in [2.24, 2.45) is 0 Å². The number of allylic oxidation sites excluding steroid dienone is 4. The summed E-state index contributed by atoms with van der Waals surface area (Å²) in [6, 6.07) is 6.22. The quantitative estimate of drug-likeness (QED) is 0.536. The zero-order valence-electron chi connectivity index (χ0n) is 13.4. The molecule has 0 spiro atoms. The summed E-state index contributed by atoms with van der Waals surface area (Å²) in [5.41, 5.74) is 0.315. The van der Waals surface area contributed by atoms with Gasteiger partial charge in [0.1, 0.15) is 0 Å². The van der Waals surface area contributed by atoms with E-state index in [2.05, 4.69) is 4.74 Å². The van der Waals surface area contributed by atoms with E-state index < -0.39 is 29.1 Å². The molecule has 0 saturated heterocycles. The lowest BCUT2D eigenvalue weighted by Gasteiger charge is -2.31. The number of rotatable bonds is 5. The van der Waals surface area contributed by atoms with Crippen LogP contribution in [-0.2, 0) is 11.2 Å². The topological polar surface area (TPSA) is 26.3 Å². The first kappa shape index (κ1) is 18.2. The molecule has 1 aliphatic carbocycles. The second-order valence-electron chi connectivity index (χ2n) is 5.56. The Hall–Kier alpha value is -2.11. The van der Waals surface area contributed by atoms with Crippen LogP contribution in [0.1, 0.15) is 42.6 Å². The number of alkyl halides is 4. The molecule has 0 radical (unpaired) electrons. The molecule has 0 bridgehead atoms. The van der Waals surface area contributed by atoms with Crippen molar-refractivity contribution in [3.05, 3.63) is 58.9 Å². The van der Waals surface area contributed by atoms with Gasteiger partial charge in [0.05, 0.1) is 5.56 Å². The zero-order chi connectivity index (χ0) is 18.0. The van der Waals surface area contributed by atoms with Crippen molar-refractivity contribution in [2.45, 2.75) is 45.0 Å². The maximum Gasteiger partial charge on any atom is 0.370 e. The first-order valence-electron chi connectivity index (χ1n) is 7.72. The van der Waals surface area contributed by atoms with Crippen LogP contribution >= 0.6 is 0 Å². The molecule has 0 saturated carbocycles. The zero-order valence-corrected chi connectivity index (χ0v) is 13.4. The van der Waals surface area contributed by atoms with Crippen molar-refractivity contribution in [2.75, 3.05) is 0 Å². The maximum absolute atomic E-state index is 14.0. The van der Waals surface area contributed by atoms with Gasteiger partial charge in [0.2, 0.25) is 0 Å². The first-order valence-corrected chi connectivity index (χ1v) is 7.72. The normalized spacial score (nSPS) is 18.6. The summed E-state index contributed by atoms with van der Waals surface area (Å²) in [6.45, 7) is 3.36. The summed E-state index contributed by atoms with van der Waals surface area (Å²) in [4.78, 5) is 12.0. The predicted octanol–water partition coefficient (Wildman–Crippen LogP) is 5.30. The van der Waals surface area contributed by atoms with E-state index in [1.54, 1.807) is 12.1 Å². The average Bonchev–Trinajstić information content (AvgIpc) is 2.53. The van der Waals surface area contributed by atoms with E-state index >= 15 is 0 Å². The molecule has 0 aromatic heterocycles. The number of hydrogen-bond acceptors (Lipinski definition) is 2. The second-order valence-corrected chi connectivity index (χ2v) is 5.56. The highest BCUT2D eigenvalue weighted by atomic mass is 19.3. The number of hydrogen-bond donors (Lipinski definition) is 0. The molecule has 0 N–H and O–H groups in total. The molecule has 0 heterocycles. The number of ether oxygens (including phenoxy) is 1. The van der Waals surface area contributed by atoms with Crippen LogP contribution in [0.4, 0.5) is 17.6 Å². The Morgan fingerprint density at radius 1 is 1.00 bits per heavy atom. The van der Waals surface area contributed by atoms with Gasteiger partial charge >= 0.3 is 17.8 Å². The molecule has 1 aliphatic rings. The predicted molar refractivity (Wildman–Crippen MR) is 82.2 cm³/mol. The van der Waals surface area contributed by atoms with Crippen molar-refractivity contribution < 1.29 is 27.1 Å². The fourth-order valence-corrected chi connectivity index (χ4v) is 2.43. The van der Waals surface area contributed by atoms with Gasteiger partial charge in [0, 0.05) is 5.57 Å². The van der Waals surface area contributed by atoms with E-state index in [9.17, 15) is 22.4 Å². The molecule has 2 rings (SSSR count). The van der Waals surface area contributed by atoms with Gasteiger partial charge in [-0.15, -0.1) is 0 Å². The van der Waals surface area contributed by atoms with Crippen molar-refractivity contribution >= 4 is 5.97 Å². The molecule has 0 fully saturated rings. The number of aryl methyl sites for hydroxylation is 1. The Bertz CT molecular complexity index is 673. The van der Waals surface area contributed by atoms with Crippen molar-refractivity contribution in [1.29, 1.82) is 0 Å². The van der Waals surface area contributed by atoms with Gasteiger partial charge in [-0.05, 0) is 36.6 Å². The number of esters is 1. The van der Waals surface area contributed by atoms with Crippen molar-refractivity contribution in [3.8, 4) is 0 Å². The highest BCUT2D eigenvalue weighted by Gasteiger charge is 2.63. The summed E-state index contributed by atoms with van der Waals surface area (Å²) < 4.78 is 60.2. The molecule has 1 aromatic carbocycles. The van der Waals surface area contributed by atoms with Crippen LogP contribution in [-0.4, -0.2) is 17.8 Å². The summed E-state index contributed by atoms with van der Waals surface area (Å²) in [5, 5.41) is 0. The second kappa shape index (κ2) is 6.79. The Morgan fingerprint density at radius 3 is 2.17 bits per heavy atom. The fraction of sp³-hybridized carbons (Fsp3) is 0.389. The number of carbonyl (C=O) groups excluding carboxylic acids is 1. The molecule has 130 valence electrons. The van der Waals surface area contributed by atoms with Gasteiger partial charge in [0.25, 0.3) is 0 Å². The maximum atomic E-state index is 14.0. The smallest absolute Gasteiger partial charge is 0.370 e. The lowest BCUT2D eigenvalue weighted by molar-refractivity contribution is -0.181. The molecule has 0 amide bonds. The van der Waals surface area contributed by atoms with Gasteiger partial charge in [-0.3, -0.25) is 0 Å². The third-order valence-corrected chi connectivity index (χ3v) is 3.85. The van der Waals surface area contributed by atoms with Gasteiger partial charge in [-0.2, -0.15) is 17.6 Å². The Labute approximate surface area is 137 Å². The van der Waals surface area contributed by atoms with Crippen LogP contribution in [0.25, 0.3) is 0 Å². The van der Waals surface area contributed by atoms with Gasteiger partial charge in [-0.25, -0.2) is 4.79 Å². The van der Waals surface area contributed by atoms with E-state index in [1.807, 2.05) is 6.92 Å². The van der Waals surface area contributed by atoms with Gasteiger partial charge in [-0.1, -0.05) is 38.5 Å². The fourth-order valence-electron chi connectivity index (χ4n) is 2.43. The Kier molecular flexibility index (Phi) is 5.16. The van der Waals surface area contributed by atoms with Gasteiger partial charge < -0.3 is 4.74 Å².